The van der Waals surface area contributed by atoms with Crippen molar-refractivity contribution in [2.24, 2.45) is 0 Å². The van der Waals surface area contributed by atoms with Crippen molar-refractivity contribution < 1.29 is 9.21 Å². The summed E-state index contributed by atoms with van der Waals surface area (Å²) in [6, 6.07) is 14.3. The molecular weight excluding hydrogens is 346 g/mol. The Labute approximate surface area is 157 Å². The summed E-state index contributed by atoms with van der Waals surface area (Å²) in [4.78, 5) is 16.6. The summed E-state index contributed by atoms with van der Waals surface area (Å²) in [7, 11) is 1.81. The monoisotopic (exact) mass is 369 g/mol. The molecule has 1 saturated heterocycles. The smallest absolute Gasteiger partial charge is 0.317 e. The standard InChI is InChI=1S/C20H23N3O2S/c1-22(14-17-13-15-5-2-3-6-18(15)25-17)20(24)21-16-8-10-23(11-9-16)19-7-4-12-26-19/h2-7,12-13,16H,8-11,14H2,1H3,(H,21,24). The Morgan fingerprint density at radius 1 is 1.27 bits per heavy atom. The number of nitrogens with one attached hydrogen (secondary N) is 1. The van der Waals surface area contributed by atoms with Crippen molar-refractivity contribution in [2.45, 2.75) is 25.4 Å². The van der Waals surface area contributed by atoms with Crippen molar-refractivity contribution in [3.63, 3.8) is 0 Å². The van der Waals surface area contributed by atoms with E-state index in [1.807, 2.05) is 37.4 Å². The summed E-state index contributed by atoms with van der Waals surface area (Å²) in [6.45, 7) is 2.44. The van der Waals surface area contributed by atoms with Gasteiger partial charge in [-0.15, -0.1) is 11.3 Å². The summed E-state index contributed by atoms with van der Waals surface area (Å²) in [5.41, 5.74) is 0.859. The van der Waals surface area contributed by atoms with Gasteiger partial charge in [0.15, 0.2) is 0 Å². The van der Waals surface area contributed by atoms with Gasteiger partial charge < -0.3 is 19.5 Å². The Kier molecular flexibility index (Phi) is 4.84. The highest BCUT2D eigenvalue weighted by molar-refractivity contribution is 7.14. The van der Waals surface area contributed by atoms with Gasteiger partial charge in [0.05, 0.1) is 11.5 Å². The Bertz CT molecular complexity index is 833. The van der Waals surface area contributed by atoms with E-state index >= 15 is 0 Å². The van der Waals surface area contributed by atoms with Crippen LogP contribution >= 0.6 is 11.3 Å². The first kappa shape index (κ1) is 17.0. The molecule has 0 saturated carbocycles. The first-order valence-electron chi connectivity index (χ1n) is 8.96. The summed E-state index contributed by atoms with van der Waals surface area (Å²) in [5, 5.41) is 7.65. The minimum atomic E-state index is -0.0416. The van der Waals surface area contributed by atoms with Crippen LogP contribution in [0.2, 0.25) is 0 Å². The van der Waals surface area contributed by atoms with Crippen LogP contribution < -0.4 is 10.2 Å². The Morgan fingerprint density at radius 3 is 2.81 bits per heavy atom. The molecule has 6 heteroatoms. The molecule has 0 atom stereocenters. The predicted molar refractivity (Wildman–Crippen MR) is 106 cm³/mol. The van der Waals surface area contributed by atoms with E-state index in [0.717, 1.165) is 42.7 Å². The molecule has 0 bridgehead atoms. The lowest BCUT2D eigenvalue weighted by molar-refractivity contribution is 0.197. The molecule has 1 aliphatic heterocycles. The predicted octanol–water partition coefficient (Wildman–Crippen LogP) is 4.30. The van der Waals surface area contributed by atoms with Crippen LogP contribution in [0.15, 0.2) is 52.3 Å². The molecule has 0 spiro atoms. The maximum Gasteiger partial charge on any atom is 0.317 e. The third-order valence-corrected chi connectivity index (χ3v) is 5.79. The lowest BCUT2D eigenvalue weighted by Crippen LogP contribution is -2.48. The molecule has 0 unspecified atom stereocenters. The van der Waals surface area contributed by atoms with Gasteiger partial charge in [-0.2, -0.15) is 0 Å². The van der Waals surface area contributed by atoms with E-state index in [9.17, 15) is 4.79 Å². The molecule has 136 valence electrons. The molecule has 26 heavy (non-hydrogen) atoms. The number of para-hydroxylation sites is 1. The number of rotatable bonds is 4. The number of urea groups is 1. The van der Waals surface area contributed by atoms with Crippen molar-refractivity contribution in [3.8, 4) is 0 Å². The minimum Gasteiger partial charge on any atom is -0.459 e. The fraction of sp³-hybridized carbons (Fsp3) is 0.350. The second kappa shape index (κ2) is 7.41. The normalized spacial score (nSPS) is 15.3. The van der Waals surface area contributed by atoms with Gasteiger partial charge in [-0.1, -0.05) is 18.2 Å². The quantitative estimate of drug-likeness (QED) is 0.746. The molecule has 4 rings (SSSR count). The van der Waals surface area contributed by atoms with Crippen LogP contribution in [0.5, 0.6) is 0 Å². The van der Waals surface area contributed by atoms with Gasteiger partial charge in [0.2, 0.25) is 0 Å². The lowest BCUT2D eigenvalue weighted by Gasteiger charge is -2.33. The molecule has 1 aliphatic rings. The average Bonchev–Trinajstić information content (AvgIpc) is 3.31. The molecule has 0 aliphatic carbocycles. The van der Waals surface area contributed by atoms with E-state index in [2.05, 4.69) is 27.7 Å². The van der Waals surface area contributed by atoms with Crippen LogP contribution in [0.4, 0.5) is 9.80 Å². The van der Waals surface area contributed by atoms with Gasteiger partial charge in [-0.25, -0.2) is 4.79 Å². The SMILES string of the molecule is CN(Cc1cc2ccccc2o1)C(=O)NC1CCN(c2cccs2)CC1. The Hall–Kier alpha value is -2.47. The van der Waals surface area contributed by atoms with Crippen LogP contribution in [-0.4, -0.2) is 37.1 Å². The molecule has 1 aromatic carbocycles. The molecule has 1 N–H and O–H groups in total. The number of benzene rings is 1. The Morgan fingerprint density at radius 2 is 2.08 bits per heavy atom. The van der Waals surface area contributed by atoms with E-state index in [0.29, 0.717) is 6.54 Å². The first-order valence-corrected chi connectivity index (χ1v) is 9.84. The number of anilines is 1. The highest BCUT2D eigenvalue weighted by Crippen LogP contribution is 2.25. The molecule has 3 aromatic rings. The van der Waals surface area contributed by atoms with Crippen molar-refractivity contribution in [3.05, 3.63) is 53.6 Å². The van der Waals surface area contributed by atoms with Crippen LogP contribution in [0.25, 0.3) is 11.0 Å². The molecular formula is C20H23N3O2S. The topological polar surface area (TPSA) is 48.7 Å². The van der Waals surface area contributed by atoms with Crippen LogP contribution in [0, 0.1) is 0 Å². The number of carbonyl (C=O) groups is 1. The highest BCUT2D eigenvalue weighted by Gasteiger charge is 2.22. The fourth-order valence-electron chi connectivity index (χ4n) is 3.40. The number of amides is 2. The van der Waals surface area contributed by atoms with E-state index in [1.54, 1.807) is 16.2 Å². The van der Waals surface area contributed by atoms with Gasteiger partial charge in [-0.05, 0) is 42.5 Å². The summed E-state index contributed by atoms with van der Waals surface area (Å²) < 4.78 is 5.81. The second-order valence-electron chi connectivity index (χ2n) is 6.77. The van der Waals surface area contributed by atoms with Crippen molar-refractivity contribution in [1.29, 1.82) is 0 Å². The van der Waals surface area contributed by atoms with E-state index in [4.69, 9.17) is 4.42 Å². The number of thiophene rings is 1. The van der Waals surface area contributed by atoms with Gasteiger partial charge in [-0.3, -0.25) is 0 Å². The van der Waals surface area contributed by atoms with Crippen LogP contribution in [0.1, 0.15) is 18.6 Å². The molecule has 0 radical (unpaired) electrons. The number of piperidine rings is 1. The molecule has 2 amide bonds. The van der Waals surface area contributed by atoms with Gasteiger partial charge >= 0.3 is 6.03 Å². The van der Waals surface area contributed by atoms with Crippen LogP contribution in [-0.2, 0) is 6.54 Å². The van der Waals surface area contributed by atoms with Gasteiger partial charge in [0, 0.05) is 31.6 Å². The lowest BCUT2D eigenvalue weighted by atomic mass is 10.1. The van der Waals surface area contributed by atoms with Crippen molar-refractivity contribution in [2.75, 3.05) is 25.0 Å². The zero-order chi connectivity index (χ0) is 17.9. The fourth-order valence-corrected chi connectivity index (χ4v) is 4.18. The number of fused-ring (bicyclic) bond motifs is 1. The first-order chi connectivity index (χ1) is 12.7. The van der Waals surface area contributed by atoms with Crippen molar-refractivity contribution >= 4 is 33.3 Å². The third-order valence-electron chi connectivity index (χ3n) is 4.86. The number of hydrogen-bond donors (Lipinski definition) is 1. The van der Waals surface area contributed by atoms with Gasteiger partial charge in [0.25, 0.3) is 0 Å². The van der Waals surface area contributed by atoms with E-state index < -0.39 is 0 Å². The molecule has 3 heterocycles. The third kappa shape index (κ3) is 3.70. The number of nitrogens with zero attached hydrogens (tertiary/aromatic N) is 2. The van der Waals surface area contributed by atoms with Gasteiger partial charge in [0.1, 0.15) is 11.3 Å². The number of carbonyl (C=O) groups excluding carboxylic acids is 1. The minimum absolute atomic E-state index is 0.0416. The van der Waals surface area contributed by atoms with Crippen LogP contribution in [0.3, 0.4) is 0 Å². The van der Waals surface area contributed by atoms with Crippen molar-refractivity contribution in [1.82, 2.24) is 10.2 Å². The van der Waals surface area contributed by atoms with E-state index in [-0.39, 0.29) is 12.1 Å². The zero-order valence-electron chi connectivity index (χ0n) is 14.9. The molecule has 5 nitrogen and oxygen atoms in total. The second-order valence-corrected chi connectivity index (χ2v) is 7.69. The maximum atomic E-state index is 12.5. The summed E-state index contributed by atoms with van der Waals surface area (Å²) in [6.07, 6.45) is 1.95. The molecule has 1 fully saturated rings. The maximum absolute atomic E-state index is 12.5. The molecule has 2 aromatic heterocycles. The highest BCUT2D eigenvalue weighted by atomic mass is 32.1. The largest absolute Gasteiger partial charge is 0.459 e. The number of hydrogen-bond acceptors (Lipinski definition) is 4. The van der Waals surface area contributed by atoms with E-state index in [1.165, 1.54) is 5.00 Å². The summed E-state index contributed by atoms with van der Waals surface area (Å²) >= 11 is 1.77. The number of furan rings is 1. The summed E-state index contributed by atoms with van der Waals surface area (Å²) in [5.74, 6) is 0.802. The Balaban J connectivity index is 1.29. The zero-order valence-corrected chi connectivity index (χ0v) is 15.7. The average molecular weight is 369 g/mol.